The molecule has 62 valence electrons. The fraction of sp³-hybridized carbons (Fsp3) is 0.250. The maximum atomic E-state index is 8.96. The van der Waals surface area contributed by atoms with E-state index in [2.05, 4.69) is 4.99 Å². The molecule has 0 aromatic rings. The Hall–Kier alpha value is -1.47. The molecule has 1 rings (SSSR count). The van der Waals surface area contributed by atoms with Crippen LogP contribution in [-0.4, -0.2) is 32.7 Å². The summed E-state index contributed by atoms with van der Waals surface area (Å²) < 4.78 is 0. The lowest BCUT2D eigenvalue weighted by molar-refractivity contribution is -0.135. The van der Waals surface area contributed by atoms with Gasteiger partial charge in [0.2, 0.25) is 0 Å². The van der Waals surface area contributed by atoms with Gasteiger partial charge < -0.3 is 21.7 Å². The maximum absolute atomic E-state index is 8.96. The average molecular weight is 160 g/mol. The molecule has 0 amide bonds. The van der Waals surface area contributed by atoms with Crippen LogP contribution in [0.25, 0.3) is 0 Å². The topological polar surface area (TPSA) is 128 Å². The van der Waals surface area contributed by atoms with Crippen LogP contribution < -0.4 is 11.5 Å². The summed E-state index contributed by atoms with van der Waals surface area (Å²) in [5, 5.41) is 26.6. The van der Waals surface area contributed by atoms with Crippen LogP contribution in [0.3, 0.4) is 0 Å². The minimum Gasteiger partial charge on any atom is -0.479 e. The summed E-state index contributed by atoms with van der Waals surface area (Å²) in [6, 6.07) is -0.788. The fourth-order valence-electron chi connectivity index (χ4n) is 0.597. The highest BCUT2D eigenvalue weighted by Gasteiger charge is 2.26. The van der Waals surface area contributed by atoms with Crippen molar-refractivity contribution >= 4 is 6.02 Å². The highest BCUT2D eigenvalue weighted by atomic mass is 16.6. The van der Waals surface area contributed by atoms with E-state index in [0.29, 0.717) is 0 Å². The van der Waals surface area contributed by atoms with Crippen molar-refractivity contribution in [1.82, 2.24) is 5.06 Å². The van der Waals surface area contributed by atoms with Crippen molar-refractivity contribution in [2.75, 3.05) is 0 Å². The van der Waals surface area contributed by atoms with Crippen LogP contribution in [0.15, 0.2) is 16.5 Å². The molecule has 0 aliphatic carbocycles. The van der Waals surface area contributed by atoms with Crippen molar-refractivity contribution in [2.45, 2.75) is 6.23 Å². The fourth-order valence-corrected chi connectivity index (χ4v) is 0.597. The van der Waals surface area contributed by atoms with Crippen LogP contribution in [-0.2, 0) is 0 Å². The standard InChI is InChI=1S/C4H8N4O3/c5-1-2(6)7-4(10)8(11)3(1)9/h3,9,11H,5-6H2,(H,7,10). The van der Waals surface area contributed by atoms with Crippen molar-refractivity contribution in [3.05, 3.63) is 11.5 Å². The van der Waals surface area contributed by atoms with Gasteiger partial charge in [0.1, 0.15) is 5.70 Å². The van der Waals surface area contributed by atoms with Crippen molar-refractivity contribution in [2.24, 2.45) is 16.5 Å². The van der Waals surface area contributed by atoms with E-state index in [-0.39, 0.29) is 16.6 Å². The third kappa shape index (κ3) is 1.06. The minimum atomic E-state index is -1.53. The Morgan fingerprint density at radius 1 is 1.45 bits per heavy atom. The van der Waals surface area contributed by atoms with Crippen molar-refractivity contribution in [3.63, 3.8) is 0 Å². The van der Waals surface area contributed by atoms with Gasteiger partial charge in [-0.25, -0.2) is 0 Å². The van der Waals surface area contributed by atoms with Gasteiger partial charge in [0.05, 0.1) is 0 Å². The second-order valence-corrected chi connectivity index (χ2v) is 1.97. The Kier molecular flexibility index (Phi) is 1.59. The van der Waals surface area contributed by atoms with Gasteiger partial charge in [-0.1, -0.05) is 0 Å². The molecule has 0 bridgehead atoms. The van der Waals surface area contributed by atoms with Gasteiger partial charge in [0.25, 0.3) is 0 Å². The molecule has 0 radical (unpaired) electrons. The number of aliphatic hydroxyl groups is 2. The van der Waals surface area contributed by atoms with E-state index in [4.69, 9.17) is 26.9 Å². The smallest absolute Gasteiger partial charge is 0.319 e. The quantitative estimate of drug-likeness (QED) is 0.279. The first-order valence-corrected chi connectivity index (χ1v) is 2.73. The molecule has 0 spiro atoms. The Labute approximate surface area is 61.8 Å². The van der Waals surface area contributed by atoms with Crippen molar-refractivity contribution in [1.29, 1.82) is 0 Å². The van der Waals surface area contributed by atoms with Crippen LogP contribution in [0.1, 0.15) is 0 Å². The molecule has 7 heteroatoms. The Bertz CT molecular complexity index is 235. The highest BCUT2D eigenvalue weighted by molar-refractivity contribution is 5.73. The number of aliphatic hydroxyl groups excluding tert-OH is 2. The van der Waals surface area contributed by atoms with E-state index in [1.165, 1.54) is 0 Å². The monoisotopic (exact) mass is 160 g/mol. The van der Waals surface area contributed by atoms with E-state index in [9.17, 15) is 0 Å². The number of hydrogen-bond acceptors (Lipinski definition) is 6. The number of aliphatic imine (C=N–C) groups is 1. The third-order valence-electron chi connectivity index (χ3n) is 1.23. The minimum absolute atomic E-state index is 0.103. The van der Waals surface area contributed by atoms with E-state index < -0.39 is 12.2 Å². The SMILES string of the molecule is NC1=C(N)C(O)N(O)C(O)=N1. The van der Waals surface area contributed by atoms with Gasteiger partial charge in [-0.3, -0.25) is 5.21 Å². The van der Waals surface area contributed by atoms with Gasteiger partial charge in [-0.2, -0.15) is 10.1 Å². The zero-order valence-electron chi connectivity index (χ0n) is 5.47. The number of nitrogens with two attached hydrogens (primary N) is 2. The summed E-state index contributed by atoms with van der Waals surface area (Å²) in [7, 11) is 0. The highest BCUT2D eigenvalue weighted by Crippen LogP contribution is 2.10. The summed E-state index contributed by atoms with van der Waals surface area (Å²) in [6.45, 7) is 0. The lowest BCUT2D eigenvalue weighted by atomic mass is 10.3. The molecule has 1 aliphatic rings. The van der Waals surface area contributed by atoms with E-state index in [1.807, 2.05) is 0 Å². The predicted molar refractivity (Wildman–Crippen MR) is 35.1 cm³/mol. The summed E-state index contributed by atoms with van der Waals surface area (Å²) in [5.74, 6) is -0.208. The first-order chi connectivity index (χ1) is 5.04. The molecule has 0 saturated heterocycles. The first-order valence-electron chi connectivity index (χ1n) is 2.73. The lowest BCUT2D eigenvalue weighted by Crippen LogP contribution is -2.45. The zero-order chi connectivity index (χ0) is 8.59. The summed E-state index contributed by atoms with van der Waals surface area (Å²) in [4.78, 5) is 3.22. The molecule has 0 fully saturated rings. The average Bonchev–Trinajstić information content (AvgIpc) is 1.97. The molecular weight excluding hydrogens is 152 g/mol. The number of amidine groups is 1. The van der Waals surface area contributed by atoms with Crippen LogP contribution in [0.2, 0.25) is 0 Å². The van der Waals surface area contributed by atoms with Gasteiger partial charge in [0, 0.05) is 0 Å². The molecule has 11 heavy (non-hydrogen) atoms. The van der Waals surface area contributed by atoms with Crippen molar-refractivity contribution in [3.8, 4) is 0 Å². The molecule has 0 aromatic heterocycles. The summed E-state index contributed by atoms with van der Waals surface area (Å²) in [6.07, 6.45) is -1.53. The normalized spacial score (nSPS) is 25.5. The van der Waals surface area contributed by atoms with Crippen molar-refractivity contribution < 1.29 is 15.4 Å². The van der Waals surface area contributed by atoms with E-state index in [1.54, 1.807) is 0 Å². The molecule has 1 unspecified atom stereocenters. The van der Waals surface area contributed by atoms with Gasteiger partial charge in [0.15, 0.2) is 12.0 Å². The predicted octanol–water partition coefficient (Wildman–Crippen LogP) is -1.99. The van der Waals surface area contributed by atoms with Crippen LogP contribution >= 0.6 is 0 Å². The zero-order valence-corrected chi connectivity index (χ0v) is 5.47. The van der Waals surface area contributed by atoms with Crippen LogP contribution in [0.4, 0.5) is 0 Å². The van der Waals surface area contributed by atoms with E-state index >= 15 is 0 Å². The number of hydroxylamine groups is 2. The molecule has 0 saturated carbocycles. The maximum Gasteiger partial charge on any atom is 0.319 e. The van der Waals surface area contributed by atoms with Crippen LogP contribution in [0.5, 0.6) is 0 Å². The molecule has 1 aliphatic heterocycles. The summed E-state index contributed by atoms with van der Waals surface area (Å²) >= 11 is 0. The number of hydrogen-bond donors (Lipinski definition) is 5. The Morgan fingerprint density at radius 2 is 2.00 bits per heavy atom. The second kappa shape index (κ2) is 2.29. The van der Waals surface area contributed by atoms with E-state index in [0.717, 1.165) is 0 Å². The molecule has 7 nitrogen and oxygen atoms in total. The van der Waals surface area contributed by atoms with Crippen LogP contribution in [0, 0.1) is 0 Å². The Morgan fingerprint density at radius 3 is 2.55 bits per heavy atom. The lowest BCUT2D eigenvalue weighted by Gasteiger charge is -2.24. The molecule has 1 atom stereocenters. The third-order valence-corrected chi connectivity index (χ3v) is 1.23. The number of rotatable bonds is 0. The van der Waals surface area contributed by atoms with Gasteiger partial charge in [-0.05, 0) is 0 Å². The largest absolute Gasteiger partial charge is 0.479 e. The molecule has 1 heterocycles. The molecule has 7 N–H and O–H groups in total. The Balaban J connectivity index is 3.01. The summed E-state index contributed by atoms with van der Waals surface area (Å²) in [5.41, 5.74) is 10.1. The van der Waals surface area contributed by atoms with Gasteiger partial charge in [-0.15, -0.1) is 0 Å². The number of nitrogens with zero attached hydrogens (tertiary/aromatic N) is 2. The first kappa shape index (κ1) is 7.63. The van der Waals surface area contributed by atoms with Gasteiger partial charge >= 0.3 is 6.02 Å². The molecule has 0 aromatic carbocycles. The second-order valence-electron chi connectivity index (χ2n) is 1.97. The molecular formula is C4H8N4O3.